The second kappa shape index (κ2) is 3.93. The maximum Gasteiger partial charge on any atom is 0.0840 e. The van der Waals surface area contributed by atoms with Crippen molar-refractivity contribution in [2.24, 2.45) is 0 Å². The molecule has 14 heavy (non-hydrogen) atoms. The van der Waals surface area contributed by atoms with Crippen LogP contribution in [0.3, 0.4) is 0 Å². The summed E-state index contributed by atoms with van der Waals surface area (Å²) < 4.78 is 46.4. The van der Waals surface area contributed by atoms with Gasteiger partial charge in [0.15, 0.2) is 0 Å². The van der Waals surface area contributed by atoms with Crippen LogP contribution in [-0.2, 0) is 0 Å². The molecule has 0 amide bonds. The molecule has 0 aliphatic rings. The summed E-state index contributed by atoms with van der Waals surface area (Å²) in [6, 6.07) is 6.30. The lowest BCUT2D eigenvalue weighted by Crippen LogP contribution is -1.83. The molecule has 0 atom stereocenters. The van der Waals surface area contributed by atoms with Crippen LogP contribution in [-0.4, -0.2) is 4.98 Å². The number of aromatic nitrogens is 1. The number of nitrogens with zero attached hydrogens (tertiary/aromatic N) is 1. The lowest BCUT2D eigenvalue weighted by atomic mass is 10.1. The molecule has 0 aliphatic carbocycles. The molecule has 1 aromatic heterocycles. The van der Waals surface area contributed by atoms with Crippen LogP contribution >= 0.6 is 15.9 Å². The van der Waals surface area contributed by atoms with Crippen molar-refractivity contribution < 1.29 is 8.22 Å². The molecule has 1 heterocycles. The molecule has 0 fully saturated rings. The van der Waals surface area contributed by atoms with E-state index in [9.17, 15) is 0 Å². The van der Waals surface area contributed by atoms with E-state index in [1.165, 1.54) is 0 Å². The zero-order valence-corrected chi connectivity index (χ0v) is 8.72. The number of pyridine rings is 1. The minimum absolute atomic E-state index is 0.101. The standard InChI is InChI=1S/C12H10BrN/c1-9-8-10(6-7-14-9)11-4-2-3-5-12(11)13/h2-8H,1H3/i1D3,6D,7D,8D. The van der Waals surface area contributed by atoms with Crippen LogP contribution in [0.5, 0.6) is 0 Å². The number of rotatable bonds is 1. The largest absolute Gasteiger partial charge is 0.262 e. The molecule has 0 bridgehead atoms. The van der Waals surface area contributed by atoms with E-state index in [1.54, 1.807) is 24.3 Å². The van der Waals surface area contributed by atoms with Gasteiger partial charge < -0.3 is 0 Å². The van der Waals surface area contributed by atoms with Gasteiger partial charge in [-0.3, -0.25) is 4.98 Å². The highest BCUT2D eigenvalue weighted by molar-refractivity contribution is 9.10. The summed E-state index contributed by atoms with van der Waals surface area (Å²) in [5, 5.41) is 0. The number of hydrogen-bond acceptors (Lipinski definition) is 1. The highest BCUT2D eigenvalue weighted by Crippen LogP contribution is 2.27. The Morgan fingerprint density at radius 3 is 3.07 bits per heavy atom. The Labute approximate surface area is 100 Å². The van der Waals surface area contributed by atoms with Crippen molar-refractivity contribution in [2.75, 3.05) is 0 Å². The monoisotopic (exact) mass is 253 g/mol. The first-order chi connectivity index (χ1) is 9.23. The molecule has 1 aromatic carbocycles. The fraction of sp³-hybridized carbons (Fsp3) is 0.0833. The Morgan fingerprint density at radius 2 is 2.29 bits per heavy atom. The van der Waals surface area contributed by atoms with E-state index < -0.39 is 18.7 Å². The van der Waals surface area contributed by atoms with E-state index in [4.69, 9.17) is 8.22 Å². The molecule has 0 radical (unpaired) electrons. The third-order valence-corrected chi connectivity index (χ3v) is 2.43. The van der Waals surface area contributed by atoms with E-state index in [-0.39, 0.29) is 17.6 Å². The van der Waals surface area contributed by atoms with Gasteiger partial charge >= 0.3 is 0 Å². The summed E-state index contributed by atoms with van der Waals surface area (Å²) >= 11 is 3.31. The van der Waals surface area contributed by atoms with Crippen LogP contribution in [0.4, 0.5) is 0 Å². The summed E-state index contributed by atoms with van der Waals surface area (Å²) in [6.45, 7) is -2.59. The van der Waals surface area contributed by atoms with E-state index in [2.05, 4.69) is 20.9 Å². The Bertz CT molecular complexity index is 668. The normalized spacial score (nSPS) is 17.2. The fourth-order valence-electron chi connectivity index (χ4n) is 1.12. The smallest absolute Gasteiger partial charge is 0.0840 e. The van der Waals surface area contributed by atoms with Gasteiger partial charge in [0.1, 0.15) is 0 Å². The predicted octanol–water partition coefficient (Wildman–Crippen LogP) is 3.82. The zero-order chi connectivity index (χ0) is 15.1. The minimum Gasteiger partial charge on any atom is -0.262 e. The van der Waals surface area contributed by atoms with Crippen molar-refractivity contribution in [3.63, 3.8) is 0 Å². The molecule has 2 rings (SSSR count). The van der Waals surface area contributed by atoms with Crippen LogP contribution in [0.1, 0.15) is 13.9 Å². The zero-order valence-electron chi connectivity index (χ0n) is 13.1. The lowest BCUT2D eigenvalue weighted by Gasteiger charge is -2.04. The summed E-state index contributed by atoms with van der Waals surface area (Å²) in [6.07, 6.45) is -0.446. The minimum atomic E-state index is -2.59. The summed E-state index contributed by atoms with van der Waals surface area (Å²) in [4.78, 5) is 3.57. The Morgan fingerprint density at radius 1 is 1.43 bits per heavy atom. The Balaban J connectivity index is 2.83. The summed E-state index contributed by atoms with van der Waals surface area (Å²) in [5.74, 6) is 0. The highest BCUT2D eigenvalue weighted by atomic mass is 79.9. The van der Waals surface area contributed by atoms with Gasteiger partial charge in [0.25, 0.3) is 0 Å². The van der Waals surface area contributed by atoms with E-state index in [0.717, 1.165) is 0 Å². The average Bonchev–Trinajstić information content (AvgIpc) is 2.35. The van der Waals surface area contributed by atoms with E-state index >= 15 is 0 Å². The summed E-state index contributed by atoms with van der Waals surface area (Å²) in [5.41, 5.74) is 0.150. The van der Waals surface area contributed by atoms with E-state index in [1.807, 2.05) is 0 Å². The van der Waals surface area contributed by atoms with Crippen molar-refractivity contribution in [1.82, 2.24) is 4.98 Å². The van der Waals surface area contributed by atoms with Gasteiger partial charge in [-0.15, -0.1) is 0 Å². The molecular formula is C12H10BrN. The van der Waals surface area contributed by atoms with Crippen molar-refractivity contribution in [3.8, 4) is 11.1 Å². The number of aryl methyl sites for hydroxylation is 1. The molecule has 0 N–H and O–H groups in total. The SMILES string of the molecule is [2H]c1nc(C([2H])([2H])[2H])c([2H])c(-c2ccccc2Br)c1[2H]. The Kier molecular flexibility index (Phi) is 1.28. The van der Waals surface area contributed by atoms with Crippen molar-refractivity contribution in [1.29, 1.82) is 0 Å². The van der Waals surface area contributed by atoms with Gasteiger partial charge in [-0.1, -0.05) is 34.1 Å². The summed E-state index contributed by atoms with van der Waals surface area (Å²) in [7, 11) is 0. The van der Waals surface area contributed by atoms with Crippen molar-refractivity contribution in [2.45, 2.75) is 6.85 Å². The van der Waals surface area contributed by atoms with Gasteiger partial charge in [0, 0.05) is 20.5 Å². The highest BCUT2D eigenvalue weighted by Gasteiger charge is 2.01. The van der Waals surface area contributed by atoms with Crippen LogP contribution < -0.4 is 0 Å². The molecular weight excluding hydrogens is 238 g/mol. The van der Waals surface area contributed by atoms with Crippen molar-refractivity contribution >= 4 is 15.9 Å². The van der Waals surface area contributed by atoms with Crippen LogP contribution in [0.2, 0.25) is 0 Å². The molecule has 2 heteroatoms. The van der Waals surface area contributed by atoms with Crippen molar-refractivity contribution in [3.05, 3.63) is 52.7 Å². The number of halogens is 1. The van der Waals surface area contributed by atoms with Crippen LogP contribution in [0, 0.1) is 6.85 Å². The molecule has 0 spiro atoms. The molecule has 2 aromatic rings. The first kappa shape index (κ1) is 4.58. The topological polar surface area (TPSA) is 12.9 Å². The third kappa shape index (κ3) is 1.85. The maximum absolute atomic E-state index is 8.03. The van der Waals surface area contributed by atoms with Gasteiger partial charge in [0.2, 0.25) is 0 Å². The molecule has 1 nitrogen and oxygen atoms in total. The molecule has 0 unspecified atom stereocenters. The molecule has 0 saturated heterocycles. The maximum atomic E-state index is 8.03. The second-order valence-electron chi connectivity index (χ2n) is 2.68. The first-order valence-electron chi connectivity index (χ1n) is 6.96. The predicted molar refractivity (Wildman–Crippen MR) is 62.1 cm³/mol. The third-order valence-electron chi connectivity index (χ3n) is 1.74. The number of hydrogen-bond donors (Lipinski definition) is 0. The van der Waals surface area contributed by atoms with Gasteiger partial charge in [-0.25, -0.2) is 0 Å². The quantitative estimate of drug-likeness (QED) is 0.753. The first-order valence-corrected chi connectivity index (χ1v) is 4.76. The molecule has 0 saturated carbocycles. The van der Waals surface area contributed by atoms with Crippen LogP contribution in [0.15, 0.2) is 47.0 Å². The van der Waals surface area contributed by atoms with Crippen LogP contribution in [0.25, 0.3) is 11.1 Å². The second-order valence-corrected chi connectivity index (χ2v) is 3.53. The average molecular weight is 254 g/mol. The molecule has 70 valence electrons. The fourth-order valence-corrected chi connectivity index (χ4v) is 1.60. The number of benzene rings is 1. The Hall–Kier alpha value is -1.15. The van der Waals surface area contributed by atoms with Gasteiger partial charge in [0.05, 0.1) is 4.11 Å². The van der Waals surface area contributed by atoms with Gasteiger partial charge in [-0.05, 0) is 36.1 Å². The van der Waals surface area contributed by atoms with Gasteiger partial charge in [-0.2, -0.15) is 0 Å². The lowest BCUT2D eigenvalue weighted by molar-refractivity contribution is 1.20. The molecule has 0 aliphatic heterocycles. The van der Waals surface area contributed by atoms with E-state index in [0.29, 0.717) is 10.0 Å².